The number of esters is 3. The van der Waals surface area contributed by atoms with Crippen LogP contribution in [0.3, 0.4) is 0 Å². The highest BCUT2D eigenvalue weighted by atomic mass is 16.6. The molecule has 0 radical (unpaired) electrons. The second-order valence-electron chi connectivity index (χ2n) is 13.8. The lowest BCUT2D eigenvalue weighted by Crippen LogP contribution is -2.30. The molecule has 0 fully saturated rings. The molecular weight excluding hydrogens is 685 g/mol. The first-order valence-electron chi connectivity index (χ1n) is 21.7. The number of carbonyl (C=O) groups excluding carboxylic acids is 3. The maximum atomic E-state index is 12.7. The normalized spacial score (nSPS) is 13.0. The highest BCUT2D eigenvalue weighted by Gasteiger charge is 2.19. The molecule has 0 amide bonds. The van der Waals surface area contributed by atoms with Gasteiger partial charge < -0.3 is 14.2 Å². The van der Waals surface area contributed by atoms with E-state index >= 15 is 0 Å². The summed E-state index contributed by atoms with van der Waals surface area (Å²) < 4.78 is 16.6. The van der Waals surface area contributed by atoms with E-state index in [0.717, 1.165) is 96.3 Å². The number of carbonyl (C=O) groups is 3. The third-order valence-electron chi connectivity index (χ3n) is 8.58. The summed E-state index contributed by atoms with van der Waals surface area (Å²) in [5.41, 5.74) is 0. The van der Waals surface area contributed by atoms with E-state index in [2.05, 4.69) is 118 Å². The van der Waals surface area contributed by atoms with Crippen LogP contribution in [0.1, 0.15) is 175 Å². The van der Waals surface area contributed by atoms with Crippen LogP contribution in [0.25, 0.3) is 0 Å². The lowest BCUT2D eigenvalue weighted by atomic mass is 10.1. The average Bonchev–Trinajstić information content (AvgIpc) is 3.18. The van der Waals surface area contributed by atoms with Crippen molar-refractivity contribution >= 4 is 17.9 Å². The van der Waals surface area contributed by atoms with Gasteiger partial charge in [-0.25, -0.2) is 0 Å². The molecule has 0 N–H and O–H groups in total. The molecule has 0 aromatic rings. The van der Waals surface area contributed by atoms with Crippen LogP contribution in [0, 0.1) is 0 Å². The van der Waals surface area contributed by atoms with Crippen molar-refractivity contribution in [3.63, 3.8) is 0 Å². The molecule has 55 heavy (non-hydrogen) atoms. The standard InChI is InChI=1S/C49H78O6/c1-4-7-10-13-16-18-20-22-24-26-28-30-33-36-39-42-48(51)54-45-46(44-53-47(50)41-38-35-32-15-12-9-6-3)55-49(52)43-40-37-34-31-29-27-25-23-21-19-17-14-11-8-5-2/h7-8,10-11,16-19,22-25,28-31,46H,4-6,9,12-15,20-21,26-27,32-45H2,1-3H3/b10-7-,11-8-,18-16-,19-17-,24-22-,25-23-,30-28-,31-29-. The van der Waals surface area contributed by atoms with Crippen LogP contribution in [0.5, 0.6) is 0 Å². The molecule has 0 aromatic carbocycles. The second kappa shape index (κ2) is 43.1. The van der Waals surface area contributed by atoms with Crippen LogP contribution in [0.15, 0.2) is 97.2 Å². The maximum absolute atomic E-state index is 12.7. The number of ether oxygens (including phenoxy) is 3. The van der Waals surface area contributed by atoms with Crippen LogP contribution in [-0.2, 0) is 28.6 Å². The molecule has 0 aliphatic heterocycles. The Hall–Kier alpha value is -3.67. The SMILES string of the molecule is CC/C=C\C/C=C\C/C=C\C/C=C\CCCCC(=O)OCC(COC(=O)CCCCCCCCC)OC(=O)CCCC/C=C\C/C=C\C/C=C\C/C=C\CC. The lowest BCUT2D eigenvalue weighted by molar-refractivity contribution is -0.167. The molecule has 0 bridgehead atoms. The zero-order valence-electron chi connectivity index (χ0n) is 35.1. The molecule has 0 aromatic heterocycles. The molecule has 0 spiro atoms. The van der Waals surface area contributed by atoms with Gasteiger partial charge in [-0.2, -0.15) is 0 Å². The van der Waals surface area contributed by atoms with Gasteiger partial charge in [0.15, 0.2) is 6.10 Å². The maximum Gasteiger partial charge on any atom is 0.306 e. The zero-order valence-corrected chi connectivity index (χ0v) is 35.1. The van der Waals surface area contributed by atoms with Crippen LogP contribution >= 0.6 is 0 Å². The van der Waals surface area contributed by atoms with E-state index in [1.807, 2.05) is 0 Å². The molecule has 1 atom stereocenters. The van der Waals surface area contributed by atoms with Gasteiger partial charge in [0.1, 0.15) is 13.2 Å². The largest absolute Gasteiger partial charge is 0.462 e. The summed E-state index contributed by atoms with van der Waals surface area (Å²) in [6.45, 7) is 6.25. The Bertz CT molecular complexity index is 1150. The van der Waals surface area contributed by atoms with E-state index < -0.39 is 6.10 Å². The van der Waals surface area contributed by atoms with Crippen molar-refractivity contribution in [2.75, 3.05) is 13.2 Å². The number of allylic oxidation sites excluding steroid dienone is 16. The first-order chi connectivity index (χ1) is 27.0. The van der Waals surface area contributed by atoms with Gasteiger partial charge in [0.05, 0.1) is 0 Å². The van der Waals surface area contributed by atoms with E-state index in [1.54, 1.807) is 0 Å². The van der Waals surface area contributed by atoms with E-state index in [0.29, 0.717) is 25.7 Å². The van der Waals surface area contributed by atoms with Crippen molar-refractivity contribution in [2.45, 2.75) is 181 Å². The van der Waals surface area contributed by atoms with Crippen molar-refractivity contribution in [3.8, 4) is 0 Å². The minimum atomic E-state index is -0.812. The summed E-state index contributed by atoms with van der Waals surface area (Å²) in [5, 5.41) is 0. The number of hydrogen-bond acceptors (Lipinski definition) is 6. The Balaban J connectivity index is 4.50. The smallest absolute Gasteiger partial charge is 0.306 e. The van der Waals surface area contributed by atoms with Gasteiger partial charge in [-0.3, -0.25) is 14.4 Å². The van der Waals surface area contributed by atoms with Gasteiger partial charge in [-0.15, -0.1) is 0 Å². The fraction of sp³-hybridized carbons (Fsp3) is 0.612. The van der Waals surface area contributed by atoms with Crippen molar-refractivity contribution < 1.29 is 28.6 Å². The highest BCUT2D eigenvalue weighted by molar-refractivity contribution is 5.71. The summed E-state index contributed by atoms with van der Waals surface area (Å²) in [6.07, 6.45) is 55.5. The molecule has 0 heterocycles. The highest BCUT2D eigenvalue weighted by Crippen LogP contribution is 2.11. The Morgan fingerprint density at radius 3 is 1.11 bits per heavy atom. The average molecular weight is 763 g/mol. The van der Waals surface area contributed by atoms with Gasteiger partial charge in [0.25, 0.3) is 0 Å². The van der Waals surface area contributed by atoms with Gasteiger partial charge in [-0.05, 0) is 96.3 Å². The van der Waals surface area contributed by atoms with Crippen LogP contribution in [0.2, 0.25) is 0 Å². The fourth-order valence-corrected chi connectivity index (χ4v) is 5.36. The van der Waals surface area contributed by atoms with Crippen molar-refractivity contribution in [2.24, 2.45) is 0 Å². The summed E-state index contributed by atoms with van der Waals surface area (Å²) in [4.78, 5) is 37.6. The fourth-order valence-electron chi connectivity index (χ4n) is 5.36. The molecule has 0 rings (SSSR count). The van der Waals surface area contributed by atoms with Gasteiger partial charge >= 0.3 is 17.9 Å². The Labute approximate surface area is 337 Å². The van der Waals surface area contributed by atoms with Gasteiger partial charge in [0, 0.05) is 19.3 Å². The van der Waals surface area contributed by atoms with E-state index in [4.69, 9.17) is 14.2 Å². The van der Waals surface area contributed by atoms with Crippen LogP contribution in [0.4, 0.5) is 0 Å². The third-order valence-corrected chi connectivity index (χ3v) is 8.58. The Morgan fingerprint density at radius 1 is 0.382 bits per heavy atom. The molecule has 0 saturated heterocycles. The number of hydrogen-bond donors (Lipinski definition) is 0. The monoisotopic (exact) mass is 763 g/mol. The molecule has 0 saturated carbocycles. The zero-order chi connectivity index (χ0) is 40.1. The van der Waals surface area contributed by atoms with E-state index in [1.165, 1.54) is 25.7 Å². The third kappa shape index (κ3) is 41.3. The summed E-state index contributed by atoms with van der Waals surface area (Å²) in [6, 6.07) is 0. The van der Waals surface area contributed by atoms with Crippen molar-refractivity contribution in [1.29, 1.82) is 0 Å². The van der Waals surface area contributed by atoms with E-state index in [9.17, 15) is 14.4 Å². The van der Waals surface area contributed by atoms with E-state index in [-0.39, 0.29) is 37.5 Å². The van der Waals surface area contributed by atoms with Crippen molar-refractivity contribution in [1.82, 2.24) is 0 Å². The van der Waals surface area contributed by atoms with Gasteiger partial charge in [-0.1, -0.05) is 157 Å². The first-order valence-corrected chi connectivity index (χ1v) is 21.7. The Kier molecular flexibility index (Phi) is 40.2. The van der Waals surface area contributed by atoms with Crippen LogP contribution in [-0.4, -0.2) is 37.2 Å². The molecule has 0 aliphatic carbocycles. The van der Waals surface area contributed by atoms with Gasteiger partial charge in [0.2, 0.25) is 0 Å². The minimum Gasteiger partial charge on any atom is -0.462 e. The summed E-state index contributed by atoms with van der Waals surface area (Å²) >= 11 is 0. The Morgan fingerprint density at radius 2 is 0.709 bits per heavy atom. The van der Waals surface area contributed by atoms with Crippen molar-refractivity contribution in [3.05, 3.63) is 97.2 Å². The second-order valence-corrected chi connectivity index (χ2v) is 13.8. The molecule has 6 nitrogen and oxygen atoms in total. The van der Waals surface area contributed by atoms with Crippen LogP contribution < -0.4 is 0 Å². The molecule has 310 valence electrons. The number of unbranched alkanes of at least 4 members (excludes halogenated alkanes) is 10. The topological polar surface area (TPSA) is 78.9 Å². The quantitative estimate of drug-likeness (QED) is 0.0271. The summed E-state index contributed by atoms with van der Waals surface area (Å²) in [5.74, 6) is -1.01. The molecule has 1 unspecified atom stereocenters. The summed E-state index contributed by atoms with van der Waals surface area (Å²) in [7, 11) is 0. The molecular formula is C49H78O6. The molecule has 6 heteroatoms. The predicted octanol–water partition coefficient (Wildman–Crippen LogP) is 13.9. The predicted molar refractivity (Wildman–Crippen MR) is 233 cm³/mol. The molecule has 0 aliphatic rings. The lowest BCUT2D eigenvalue weighted by Gasteiger charge is -2.18. The first kappa shape index (κ1) is 51.3. The number of rotatable bonds is 37. The minimum absolute atomic E-state index is 0.109.